The van der Waals surface area contributed by atoms with Gasteiger partial charge in [0.1, 0.15) is 94.1 Å². The van der Waals surface area contributed by atoms with Gasteiger partial charge in [-0.05, 0) is 117 Å². The lowest BCUT2D eigenvalue weighted by Crippen LogP contribution is -2.60. The van der Waals surface area contributed by atoms with Crippen molar-refractivity contribution in [3.05, 3.63) is 212 Å². The maximum absolute atomic E-state index is 13.0. The third kappa shape index (κ3) is 8.02. The summed E-state index contributed by atoms with van der Waals surface area (Å²) in [4.78, 5) is 0. The van der Waals surface area contributed by atoms with Crippen molar-refractivity contribution in [3.8, 4) is 69.0 Å². The highest BCUT2D eigenvalue weighted by Gasteiger charge is 2.57. The molecule has 17 nitrogen and oxygen atoms in total. The Labute approximate surface area is 450 Å². The first-order valence-corrected chi connectivity index (χ1v) is 25.7. The SMILES string of the molecule is OC[C@H]1O[C@@H](Oc2cc([C@@H]3c4c(O)cc5c6c4[C@@H]([C@@H](c4ccc(O)cc4)c4c(O)cc(O)cc4[C@@H]6[C@@H](c4ccc(O)cc4)O5)[C@H]3c3ccc(O)cc3)cc3c2O[C@@H](c2ccc(O)cc2)[C@H]3c2cc(O)cc(O)c2)[C@H](O)[C@@H](O)[C@@H]1O. The van der Waals surface area contributed by atoms with Crippen molar-refractivity contribution < 1.29 is 85.3 Å². The molecule has 13 atom stereocenters. The zero-order valence-corrected chi connectivity index (χ0v) is 41.5. The molecular weight excluding hydrogens is 1020 g/mol. The average Bonchev–Trinajstić information content (AvgIpc) is 2.85. The van der Waals surface area contributed by atoms with E-state index in [0.29, 0.717) is 72.5 Å². The molecule has 8 aromatic rings. The Morgan fingerprint density at radius 3 is 1.49 bits per heavy atom. The van der Waals surface area contributed by atoms with Crippen molar-refractivity contribution >= 4 is 0 Å². The van der Waals surface area contributed by atoms with Crippen molar-refractivity contribution in [1.82, 2.24) is 0 Å². The molecule has 0 spiro atoms. The molecule has 1 saturated heterocycles. The van der Waals surface area contributed by atoms with Crippen molar-refractivity contribution in [2.75, 3.05) is 6.61 Å². The molecule has 0 radical (unpaired) electrons. The Morgan fingerprint density at radius 1 is 0.380 bits per heavy atom. The molecule has 8 aromatic carbocycles. The van der Waals surface area contributed by atoms with Crippen LogP contribution in [0.1, 0.15) is 114 Å². The average molecular weight is 1070 g/mol. The number of hydrogen-bond acceptors (Lipinski definition) is 17. The van der Waals surface area contributed by atoms with E-state index in [0.717, 1.165) is 0 Å². The van der Waals surface area contributed by atoms with E-state index in [9.17, 15) is 66.4 Å². The van der Waals surface area contributed by atoms with Crippen molar-refractivity contribution in [3.63, 3.8) is 0 Å². The molecule has 13 rings (SSSR count). The zero-order chi connectivity index (χ0) is 54.9. The minimum absolute atomic E-state index is 0.00789. The van der Waals surface area contributed by atoms with Gasteiger partial charge in [-0.2, -0.15) is 0 Å². The largest absolute Gasteiger partial charge is 0.508 e. The second-order valence-corrected chi connectivity index (χ2v) is 21.0. The summed E-state index contributed by atoms with van der Waals surface area (Å²) in [7, 11) is 0. The number of aliphatic hydroxyl groups is 4. The molecule has 0 aromatic heterocycles. The third-order valence-electron chi connectivity index (χ3n) is 16.5. The normalized spacial score (nSPS) is 27.0. The van der Waals surface area contributed by atoms with Gasteiger partial charge in [-0.25, -0.2) is 0 Å². The number of phenolic OH excluding ortho intramolecular Hbond substituents is 9. The van der Waals surface area contributed by atoms with Crippen LogP contribution < -0.4 is 14.2 Å². The molecule has 402 valence electrons. The van der Waals surface area contributed by atoms with E-state index in [-0.39, 0.29) is 63.2 Å². The molecule has 3 aliphatic heterocycles. The minimum Gasteiger partial charge on any atom is -0.508 e. The molecule has 3 heterocycles. The highest BCUT2D eigenvalue weighted by molar-refractivity contribution is 5.73. The molecule has 0 amide bonds. The molecular formula is C62H52O17. The molecule has 13 N–H and O–H groups in total. The summed E-state index contributed by atoms with van der Waals surface area (Å²) in [5.41, 5.74) is 6.30. The van der Waals surface area contributed by atoms with Crippen LogP contribution in [0.25, 0.3) is 0 Å². The van der Waals surface area contributed by atoms with Gasteiger partial charge in [-0.3, -0.25) is 0 Å². The third-order valence-corrected chi connectivity index (χ3v) is 16.5. The van der Waals surface area contributed by atoms with Crippen LogP contribution in [0, 0.1) is 0 Å². The van der Waals surface area contributed by atoms with Gasteiger partial charge < -0.3 is 85.3 Å². The number of phenols is 9. The van der Waals surface area contributed by atoms with Gasteiger partial charge in [0.2, 0.25) is 6.29 Å². The fourth-order valence-electron chi connectivity index (χ4n) is 13.3. The number of benzene rings is 8. The second-order valence-electron chi connectivity index (χ2n) is 21.0. The summed E-state index contributed by atoms with van der Waals surface area (Å²) in [6.45, 7) is -0.761. The monoisotopic (exact) mass is 1070 g/mol. The first kappa shape index (κ1) is 49.7. The van der Waals surface area contributed by atoms with E-state index in [1.54, 1.807) is 72.8 Å². The molecule has 1 fully saturated rings. The maximum atomic E-state index is 13.0. The number of hydrogen-bond donors (Lipinski definition) is 13. The summed E-state index contributed by atoms with van der Waals surface area (Å²) in [6.07, 6.45) is -10.4. The van der Waals surface area contributed by atoms with Crippen molar-refractivity contribution in [2.24, 2.45) is 0 Å². The number of fused-ring (bicyclic) bond motifs is 3. The van der Waals surface area contributed by atoms with Crippen LogP contribution in [0.15, 0.2) is 146 Å². The van der Waals surface area contributed by atoms with Crippen molar-refractivity contribution in [1.29, 1.82) is 0 Å². The Bertz CT molecular complexity index is 3660. The van der Waals surface area contributed by atoms with Gasteiger partial charge in [-0.15, -0.1) is 0 Å². The maximum Gasteiger partial charge on any atom is 0.229 e. The van der Waals surface area contributed by atoms with Gasteiger partial charge in [0.15, 0.2) is 11.5 Å². The lowest BCUT2D eigenvalue weighted by molar-refractivity contribution is -0.277. The number of aliphatic hydroxyl groups excluding tert-OH is 4. The van der Waals surface area contributed by atoms with Crippen LogP contribution in [0.5, 0.6) is 69.0 Å². The summed E-state index contributed by atoms with van der Waals surface area (Å²) in [5.74, 6) is -5.97. The van der Waals surface area contributed by atoms with Crippen LogP contribution >= 0.6 is 0 Å². The Morgan fingerprint density at radius 2 is 0.899 bits per heavy atom. The lowest BCUT2D eigenvalue weighted by Gasteiger charge is -2.39. The second kappa shape index (κ2) is 18.7. The number of rotatable bonds is 9. The smallest absolute Gasteiger partial charge is 0.229 e. The summed E-state index contributed by atoms with van der Waals surface area (Å²) < 4.78 is 26.4. The van der Waals surface area contributed by atoms with E-state index < -0.39 is 85.0 Å². The number of ether oxygens (including phenoxy) is 4. The van der Waals surface area contributed by atoms with E-state index in [1.165, 1.54) is 66.7 Å². The standard InChI is InChI=1S/C62H52O17/c63-25-45-56(73)57(74)58(75)62(78-45)77-44-20-31(19-40-46(30-17-36(68)21-37(69)18-30)59(79-61(40)44)28-5-13-34(66)14-6-28)49-47(26-1-9-32(64)10-2-26)54-48(27-3-11-33(65)12-4-27)50-39(22-38(70)23-41(50)71)51-53-43(24-42(72)52(49)55(53)54)76-60(51)29-7-15-35(67)16-8-29/h1-24,45-49,51,54,56-60,62-75H,25H2/t45-,46+,47+,48+,49+,51+,54-,56-,57+,58-,59+,60-,62-/m1/s1. The molecule has 5 aliphatic rings. The first-order valence-electron chi connectivity index (χ1n) is 25.7. The quantitative estimate of drug-likeness (QED) is 0.0653. The summed E-state index contributed by atoms with van der Waals surface area (Å²) >= 11 is 0. The van der Waals surface area contributed by atoms with Crippen LogP contribution in [0.2, 0.25) is 0 Å². The van der Waals surface area contributed by atoms with E-state index in [1.807, 2.05) is 6.07 Å². The van der Waals surface area contributed by atoms with Gasteiger partial charge in [0.25, 0.3) is 0 Å². The summed E-state index contributed by atoms with van der Waals surface area (Å²) in [6, 6.07) is 37.9. The lowest BCUT2D eigenvalue weighted by atomic mass is 9.68. The first-order chi connectivity index (χ1) is 38.0. The number of aromatic hydroxyl groups is 9. The molecule has 0 unspecified atom stereocenters. The minimum atomic E-state index is -1.88. The highest BCUT2D eigenvalue weighted by Crippen LogP contribution is 2.71. The fourth-order valence-corrected chi connectivity index (χ4v) is 13.3. The topological polar surface area (TPSA) is 300 Å². The van der Waals surface area contributed by atoms with E-state index >= 15 is 0 Å². The Kier molecular flexibility index (Phi) is 11.8. The van der Waals surface area contributed by atoms with Gasteiger partial charge >= 0.3 is 0 Å². The molecule has 0 saturated carbocycles. The predicted octanol–water partition coefficient (Wildman–Crippen LogP) is 7.91. The fraction of sp³-hybridized carbons (Fsp3) is 0.226. The van der Waals surface area contributed by atoms with Crippen LogP contribution in [0.3, 0.4) is 0 Å². The van der Waals surface area contributed by atoms with Crippen molar-refractivity contribution in [2.45, 2.75) is 78.4 Å². The van der Waals surface area contributed by atoms with Crippen LogP contribution in [-0.4, -0.2) is 104 Å². The molecule has 79 heavy (non-hydrogen) atoms. The van der Waals surface area contributed by atoms with Crippen LogP contribution in [-0.2, 0) is 4.74 Å². The molecule has 17 heteroatoms. The van der Waals surface area contributed by atoms with Gasteiger partial charge in [0, 0.05) is 64.1 Å². The Balaban J connectivity index is 1.12. The van der Waals surface area contributed by atoms with Gasteiger partial charge in [0.05, 0.1) is 18.4 Å². The highest BCUT2D eigenvalue weighted by atomic mass is 16.7. The van der Waals surface area contributed by atoms with E-state index in [4.69, 9.17) is 18.9 Å². The predicted molar refractivity (Wildman–Crippen MR) is 281 cm³/mol. The van der Waals surface area contributed by atoms with E-state index in [2.05, 4.69) is 0 Å². The zero-order valence-electron chi connectivity index (χ0n) is 41.5. The molecule has 2 aliphatic carbocycles. The summed E-state index contributed by atoms with van der Waals surface area (Å²) in [5, 5.41) is 145. The molecule has 0 bridgehead atoms. The van der Waals surface area contributed by atoms with Gasteiger partial charge in [-0.1, -0.05) is 54.6 Å². The van der Waals surface area contributed by atoms with Crippen LogP contribution in [0.4, 0.5) is 0 Å². The Hall–Kier alpha value is -8.84.